The summed E-state index contributed by atoms with van der Waals surface area (Å²) in [5.74, 6) is 1.05. The lowest BCUT2D eigenvalue weighted by molar-refractivity contribution is -0.142. The number of ether oxygens (including phenoxy) is 1. The number of nitrogens with one attached hydrogen (secondary N) is 1. The maximum absolute atomic E-state index is 12.2. The van der Waals surface area contributed by atoms with E-state index in [9.17, 15) is 9.59 Å². The second-order valence-electron chi connectivity index (χ2n) is 4.46. The van der Waals surface area contributed by atoms with E-state index in [-0.39, 0.29) is 5.91 Å². The van der Waals surface area contributed by atoms with Crippen molar-refractivity contribution in [2.75, 3.05) is 25.4 Å². The SMILES string of the molecule is COC(=O)[C@@H](CCSC)NC(=O)c1ccc(CSC)cc1. The fraction of sp³-hybridized carbons (Fsp3) is 0.467. The van der Waals surface area contributed by atoms with Gasteiger partial charge in [-0.1, -0.05) is 12.1 Å². The minimum absolute atomic E-state index is 0.248. The van der Waals surface area contributed by atoms with Crippen LogP contribution in [0.1, 0.15) is 22.3 Å². The lowest BCUT2D eigenvalue weighted by atomic mass is 10.1. The molecule has 1 N–H and O–H groups in total. The largest absolute Gasteiger partial charge is 0.467 e. The van der Waals surface area contributed by atoms with E-state index in [1.54, 1.807) is 35.7 Å². The summed E-state index contributed by atoms with van der Waals surface area (Å²) >= 11 is 3.36. The number of benzene rings is 1. The highest BCUT2D eigenvalue weighted by atomic mass is 32.2. The van der Waals surface area contributed by atoms with Crippen molar-refractivity contribution in [3.63, 3.8) is 0 Å². The fourth-order valence-corrected chi connectivity index (χ4v) is 2.78. The van der Waals surface area contributed by atoms with Gasteiger partial charge in [0.1, 0.15) is 6.04 Å². The highest BCUT2D eigenvalue weighted by molar-refractivity contribution is 7.98. The van der Waals surface area contributed by atoms with Crippen molar-refractivity contribution in [2.45, 2.75) is 18.2 Å². The Hall–Kier alpha value is -1.14. The zero-order valence-corrected chi connectivity index (χ0v) is 14.2. The molecule has 0 saturated carbocycles. The monoisotopic (exact) mass is 327 g/mol. The van der Waals surface area contributed by atoms with Gasteiger partial charge in [0.15, 0.2) is 0 Å². The Morgan fingerprint density at radius 3 is 2.38 bits per heavy atom. The number of esters is 1. The molecule has 6 heteroatoms. The number of hydrogen-bond acceptors (Lipinski definition) is 5. The van der Waals surface area contributed by atoms with Crippen LogP contribution in [0, 0.1) is 0 Å². The number of hydrogen-bond donors (Lipinski definition) is 1. The Kier molecular flexibility index (Phi) is 8.30. The van der Waals surface area contributed by atoms with Gasteiger partial charge in [0.2, 0.25) is 0 Å². The second kappa shape index (κ2) is 9.73. The first kappa shape index (κ1) is 17.9. The van der Waals surface area contributed by atoms with Gasteiger partial charge in [-0.05, 0) is 42.4 Å². The van der Waals surface area contributed by atoms with Gasteiger partial charge >= 0.3 is 5.97 Å². The summed E-state index contributed by atoms with van der Waals surface area (Å²) in [4.78, 5) is 23.9. The van der Waals surface area contributed by atoms with Crippen LogP contribution in [0.25, 0.3) is 0 Å². The van der Waals surface area contributed by atoms with E-state index in [1.165, 1.54) is 12.7 Å². The van der Waals surface area contributed by atoms with Crippen molar-refractivity contribution in [1.82, 2.24) is 5.32 Å². The number of carbonyl (C=O) groups excluding carboxylic acids is 2. The van der Waals surface area contributed by atoms with Crippen molar-refractivity contribution in [2.24, 2.45) is 0 Å². The van der Waals surface area contributed by atoms with Crippen molar-refractivity contribution in [3.8, 4) is 0 Å². The minimum Gasteiger partial charge on any atom is -0.467 e. The van der Waals surface area contributed by atoms with Gasteiger partial charge in [0.25, 0.3) is 5.91 Å². The van der Waals surface area contributed by atoms with Gasteiger partial charge in [-0.3, -0.25) is 4.79 Å². The van der Waals surface area contributed by atoms with Gasteiger partial charge in [0, 0.05) is 11.3 Å². The Morgan fingerprint density at radius 1 is 1.19 bits per heavy atom. The average Bonchev–Trinajstić information content (AvgIpc) is 2.51. The van der Waals surface area contributed by atoms with Crippen molar-refractivity contribution < 1.29 is 14.3 Å². The summed E-state index contributed by atoms with van der Waals surface area (Å²) in [6.07, 6.45) is 4.55. The molecule has 0 aliphatic carbocycles. The first-order chi connectivity index (χ1) is 10.1. The number of methoxy groups -OCH3 is 1. The molecule has 1 atom stereocenters. The van der Waals surface area contributed by atoms with Gasteiger partial charge in [-0.2, -0.15) is 23.5 Å². The third kappa shape index (κ3) is 6.01. The van der Waals surface area contributed by atoms with Gasteiger partial charge < -0.3 is 10.1 Å². The molecule has 4 nitrogen and oxygen atoms in total. The van der Waals surface area contributed by atoms with Crippen LogP contribution in [0.2, 0.25) is 0 Å². The summed E-state index contributed by atoms with van der Waals surface area (Å²) < 4.78 is 4.73. The van der Waals surface area contributed by atoms with E-state index in [1.807, 2.05) is 24.6 Å². The van der Waals surface area contributed by atoms with Crippen LogP contribution >= 0.6 is 23.5 Å². The van der Waals surface area contributed by atoms with E-state index in [2.05, 4.69) is 5.32 Å². The van der Waals surface area contributed by atoms with Gasteiger partial charge in [-0.25, -0.2) is 4.79 Å². The zero-order chi connectivity index (χ0) is 15.7. The summed E-state index contributed by atoms with van der Waals surface area (Å²) in [5.41, 5.74) is 1.73. The zero-order valence-electron chi connectivity index (χ0n) is 12.5. The predicted octanol–water partition coefficient (Wildman–Crippen LogP) is 2.57. The quantitative estimate of drug-likeness (QED) is 0.744. The van der Waals surface area contributed by atoms with Crippen molar-refractivity contribution in [1.29, 1.82) is 0 Å². The molecular formula is C15H21NO3S2. The number of amides is 1. The standard InChI is InChI=1S/C15H21NO3S2/c1-19-15(18)13(8-9-20-2)16-14(17)12-6-4-11(5-7-12)10-21-3/h4-7,13H,8-10H2,1-3H3,(H,16,17)/t13-/m1/s1. The van der Waals surface area contributed by atoms with E-state index < -0.39 is 12.0 Å². The lowest BCUT2D eigenvalue weighted by Gasteiger charge is -2.16. The Bertz CT molecular complexity index is 462. The first-order valence-electron chi connectivity index (χ1n) is 6.57. The van der Waals surface area contributed by atoms with Crippen LogP contribution in [0.3, 0.4) is 0 Å². The second-order valence-corrected chi connectivity index (χ2v) is 6.31. The molecule has 0 aliphatic rings. The third-order valence-corrected chi connectivity index (χ3v) is 4.19. The Balaban J connectivity index is 2.69. The summed E-state index contributed by atoms with van der Waals surface area (Å²) in [6, 6.07) is 6.83. The fourth-order valence-electron chi connectivity index (χ4n) is 1.79. The minimum atomic E-state index is -0.596. The highest BCUT2D eigenvalue weighted by Crippen LogP contribution is 2.11. The normalized spacial score (nSPS) is 11.8. The number of rotatable bonds is 8. The molecule has 0 fully saturated rings. The van der Waals surface area contributed by atoms with E-state index >= 15 is 0 Å². The smallest absolute Gasteiger partial charge is 0.328 e. The molecule has 1 aromatic rings. The molecule has 0 unspecified atom stereocenters. The molecule has 116 valence electrons. The van der Waals surface area contributed by atoms with Crippen LogP contribution in [-0.2, 0) is 15.3 Å². The molecule has 1 aromatic carbocycles. The molecule has 21 heavy (non-hydrogen) atoms. The maximum atomic E-state index is 12.2. The molecule has 0 spiro atoms. The Morgan fingerprint density at radius 2 is 1.86 bits per heavy atom. The topological polar surface area (TPSA) is 55.4 Å². The van der Waals surface area contributed by atoms with Crippen LogP contribution in [0.15, 0.2) is 24.3 Å². The molecular weight excluding hydrogens is 306 g/mol. The van der Waals surface area contributed by atoms with E-state index in [0.717, 1.165) is 11.5 Å². The highest BCUT2D eigenvalue weighted by Gasteiger charge is 2.21. The molecule has 0 aliphatic heterocycles. The van der Waals surface area contributed by atoms with Crippen LogP contribution in [0.4, 0.5) is 0 Å². The average molecular weight is 327 g/mol. The van der Waals surface area contributed by atoms with Crippen LogP contribution in [0.5, 0.6) is 0 Å². The third-order valence-electron chi connectivity index (χ3n) is 2.93. The van der Waals surface area contributed by atoms with Crippen molar-refractivity contribution in [3.05, 3.63) is 35.4 Å². The molecule has 0 bridgehead atoms. The first-order valence-corrected chi connectivity index (χ1v) is 9.36. The van der Waals surface area contributed by atoms with Crippen LogP contribution < -0.4 is 5.32 Å². The molecule has 0 saturated heterocycles. The molecule has 1 amide bonds. The summed E-state index contributed by atoms with van der Waals surface area (Å²) in [5, 5.41) is 2.74. The van der Waals surface area contributed by atoms with Crippen LogP contribution in [-0.4, -0.2) is 43.3 Å². The van der Waals surface area contributed by atoms with Crippen molar-refractivity contribution >= 4 is 35.4 Å². The molecule has 1 rings (SSSR count). The predicted molar refractivity (Wildman–Crippen MR) is 89.9 cm³/mol. The summed E-state index contributed by atoms with van der Waals surface area (Å²) in [6.45, 7) is 0. The molecule has 0 aromatic heterocycles. The lowest BCUT2D eigenvalue weighted by Crippen LogP contribution is -2.41. The molecule has 0 heterocycles. The summed E-state index contributed by atoms with van der Waals surface area (Å²) in [7, 11) is 1.33. The van der Waals surface area contributed by atoms with E-state index in [0.29, 0.717) is 12.0 Å². The number of thioether (sulfide) groups is 2. The maximum Gasteiger partial charge on any atom is 0.328 e. The number of carbonyl (C=O) groups is 2. The van der Waals surface area contributed by atoms with Gasteiger partial charge in [-0.15, -0.1) is 0 Å². The Labute approximate surface area is 134 Å². The molecule has 0 radical (unpaired) electrons. The van der Waals surface area contributed by atoms with E-state index in [4.69, 9.17) is 4.74 Å². The van der Waals surface area contributed by atoms with Gasteiger partial charge in [0.05, 0.1) is 7.11 Å².